The molecule has 0 aliphatic carbocycles. The highest BCUT2D eigenvalue weighted by molar-refractivity contribution is 6.06. The van der Waals surface area contributed by atoms with Gasteiger partial charge in [-0.05, 0) is 49.4 Å². The third-order valence-corrected chi connectivity index (χ3v) is 5.93. The van der Waals surface area contributed by atoms with E-state index in [1.54, 1.807) is 6.07 Å². The molecule has 0 bridgehead atoms. The molecule has 1 unspecified atom stereocenters. The molecular formula is C24H26F2N4O2. The second kappa shape index (κ2) is 9.24. The molecule has 1 aromatic carbocycles. The molecule has 8 heteroatoms. The summed E-state index contributed by atoms with van der Waals surface area (Å²) in [4.78, 5) is 25.3. The van der Waals surface area contributed by atoms with Gasteiger partial charge in [0.05, 0.1) is 5.52 Å². The zero-order chi connectivity index (χ0) is 22.7. The maximum absolute atomic E-state index is 13.5. The molecule has 1 amide bonds. The normalized spacial score (nSPS) is 16.1. The molecule has 3 heterocycles. The molecule has 0 spiro atoms. The van der Waals surface area contributed by atoms with Gasteiger partial charge in [0.2, 0.25) is 0 Å². The summed E-state index contributed by atoms with van der Waals surface area (Å²) < 4.78 is 32.5. The van der Waals surface area contributed by atoms with Crippen LogP contribution in [0.25, 0.3) is 10.9 Å². The van der Waals surface area contributed by atoms with Crippen LogP contribution in [0, 0.1) is 12.8 Å². The second-order valence-corrected chi connectivity index (χ2v) is 8.32. The predicted octanol–water partition coefficient (Wildman–Crippen LogP) is 4.39. The third kappa shape index (κ3) is 4.91. The summed E-state index contributed by atoms with van der Waals surface area (Å²) in [5.74, 6) is -3.66. The smallest absolute Gasteiger partial charge is 0.303 e. The largest absolute Gasteiger partial charge is 0.381 e. The monoisotopic (exact) mass is 440 g/mol. The van der Waals surface area contributed by atoms with Crippen molar-refractivity contribution in [3.8, 4) is 0 Å². The highest BCUT2D eigenvalue weighted by Crippen LogP contribution is 2.32. The minimum atomic E-state index is -3.10. The Kier molecular flexibility index (Phi) is 6.41. The van der Waals surface area contributed by atoms with E-state index in [1.165, 1.54) is 12.4 Å². The standard InChI is InChI=1S/C24H26F2N4O2/c1-15-6-7-18-19(4-3-5-21(18)30-15)22(31)27-14-20(16-8-10-32-11-9-16)17-12-28-23(29-13-17)24(2,25)26/h3-7,12-13,16,20H,8-11,14H2,1-2H3,(H,27,31). The van der Waals surface area contributed by atoms with Crippen molar-refractivity contribution < 1.29 is 18.3 Å². The van der Waals surface area contributed by atoms with Crippen LogP contribution < -0.4 is 5.32 Å². The number of rotatable bonds is 6. The van der Waals surface area contributed by atoms with E-state index in [9.17, 15) is 13.6 Å². The van der Waals surface area contributed by atoms with Gasteiger partial charge in [-0.3, -0.25) is 9.78 Å². The zero-order valence-corrected chi connectivity index (χ0v) is 18.1. The molecule has 1 atom stereocenters. The molecule has 6 nitrogen and oxygen atoms in total. The maximum atomic E-state index is 13.5. The number of nitrogens with zero attached hydrogens (tertiary/aromatic N) is 3. The zero-order valence-electron chi connectivity index (χ0n) is 18.1. The van der Waals surface area contributed by atoms with Gasteiger partial charge < -0.3 is 10.1 Å². The Hall–Kier alpha value is -3.00. The highest BCUT2D eigenvalue weighted by atomic mass is 19.3. The lowest BCUT2D eigenvalue weighted by atomic mass is 9.82. The summed E-state index contributed by atoms with van der Waals surface area (Å²) in [5.41, 5.74) is 2.94. The molecule has 3 aromatic rings. The van der Waals surface area contributed by atoms with E-state index in [-0.39, 0.29) is 17.7 Å². The lowest BCUT2D eigenvalue weighted by Gasteiger charge is -2.30. The lowest BCUT2D eigenvalue weighted by molar-refractivity contribution is 0.00755. The lowest BCUT2D eigenvalue weighted by Crippen LogP contribution is -2.34. The number of hydrogen-bond donors (Lipinski definition) is 1. The first kappa shape index (κ1) is 22.2. The number of pyridine rings is 1. The number of halogens is 2. The number of aryl methyl sites for hydroxylation is 1. The second-order valence-electron chi connectivity index (χ2n) is 8.32. The molecule has 0 radical (unpaired) electrons. The van der Waals surface area contributed by atoms with Gasteiger partial charge in [-0.1, -0.05) is 12.1 Å². The Labute approximate surface area is 185 Å². The van der Waals surface area contributed by atoms with Crippen LogP contribution in [0.3, 0.4) is 0 Å². The number of benzene rings is 1. The molecule has 4 rings (SSSR count). The van der Waals surface area contributed by atoms with E-state index >= 15 is 0 Å². The summed E-state index contributed by atoms with van der Waals surface area (Å²) >= 11 is 0. The van der Waals surface area contributed by atoms with Gasteiger partial charge in [0, 0.05) is 61.6 Å². The van der Waals surface area contributed by atoms with E-state index in [2.05, 4.69) is 20.3 Å². The summed E-state index contributed by atoms with van der Waals surface area (Å²) in [6.07, 6.45) is 4.56. The fraction of sp³-hybridized carbons (Fsp3) is 0.417. The minimum absolute atomic E-state index is 0.0993. The van der Waals surface area contributed by atoms with Gasteiger partial charge >= 0.3 is 5.92 Å². The number of nitrogens with one attached hydrogen (secondary N) is 1. The van der Waals surface area contributed by atoms with Gasteiger partial charge in [0.1, 0.15) is 0 Å². The van der Waals surface area contributed by atoms with E-state index < -0.39 is 11.7 Å². The van der Waals surface area contributed by atoms with Crippen LogP contribution in [0.5, 0.6) is 0 Å². The van der Waals surface area contributed by atoms with Crippen LogP contribution in [0.15, 0.2) is 42.7 Å². The number of carbonyl (C=O) groups is 1. The third-order valence-electron chi connectivity index (χ3n) is 5.93. The Morgan fingerprint density at radius 1 is 1.19 bits per heavy atom. The Morgan fingerprint density at radius 3 is 2.59 bits per heavy atom. The summed E-state index contributed by atoms with van der Waals surface area (Å²) in [7, 11) is 0. The number of fused-ring (bicyclic) bond motifs is 1. The van der Waals surface area contributed by atoms with Gasteiger partial charge in [-0.2, -0.15) is 8.78 Å². The van der Waals surface area contributed by atoms with Gasteiger partial charge in [0.25, 0.3) is 5.91 Å². The van der Waals surface area contributed by atoms with Crippen molar-refractivity contribution in [2.45, 2.75) is 38.5 Å². The Bertz CT molecular complexity index is 1090. The van der Waals surface area contributed by atoms with Gasteiger partial charge in [0.15, 0.2) is 5.82 Å². The number of alkyl halides is 2. The fourth-order valence-corrected chi connectivity index (χ4v) is 4.18. The molecular weight excluding hydrogens is 414 g/mol. The summed E-state index contributed by atoms with van der Waals surface area (Å²) in [5, 5.41) is 3.82. The summed E-state index contributed by atoms with van der Waals surface area (Å²) in [6, 6.07) is 9.26. The first-order valence-corrected chi connectivity index (χ1v) is 10.8. The Balaban J connectivity index is 1.56. The van der Waals surface area contributed by atoms with Crippen LogP contribution in [0.2, 0.25) is 0 Å². The van der Waals surface area contributed by atoms with E-state index in [4.69, 9.17) is 4.74 Å². The molecule has 1 aliphatic heterocycles. The van der Waals surface area contributed by atoms with Crippen molar-refractivity contribution in [1.29, 1.82) is 0 Å². The number of carbonyl (C=O) groups excluding carboxylic acids is 1. The van der Waals surface area contributed by atoms with Gasteiger partial charge in [-0.25, -0.2) is 9.97 Å². The Morgan fingerprint density at radius 2 is 1.91 bits per heavy atom. The average Bonchev–Trinajstić information content (AvgIpc) is 2.79. The first-order valence-electron chi connectivity index (χ1n) is 10.8. The maximum Gasteiger partial charge on any atom is 0.303 e. The topological polar surface area (TPSA) is 77.0 Å². The minimum Gasteiger partial charge on any atom is -0.381 e. The van der Waals surface area contributed by atoms with Crippen LogP contribution in [-0.4, -0.2) is 40.6 Å². The highest BCUT2D eigenvalue weighted by Gasteiger charge is 2.30. The van der Waals surface area contributed by atoms with E-state index in [0.29, 0.717) is 25.3 Å². The first-order chi connectivity index (χ1) is 15.3. The van der Waals surface area contributed by atoms with Crippen molar-refractivity contribution in [3.05, 3.63) is 65.4 Å². The molecule has 1 aliphatic rings. The predicted molar refractivity (Wildman–Crippen MR) is 117 cm³/mol. The van der Waals surface area contributed by atoms with Crippen LogP contribution in [0.1, 0.15) is 53.1 Å². The van der Waals surface area contributed by atoms with Crippen LogP contribution >= 0.6 is 0 Å². The molecule has 1 N–H and O–H groups in total. The number of ether oxygens (including phenoxy) is 1. The number of aromatic nitrogens is 3. The quantitative estimate of drug-likeness (QED) is 0.615. The number of hydrogen-bond acceptors (Lipinski definition) is 5. The van der Waals surface area contributed by atoms with Crippen molar-refractivity contribution >= 4 is 16.8 Å². The molecule has 1 saturated heterocycles. The van der Waals surface area contributed by atoms with Crippen molar-refractivity contribution in [2.24, 2.45) is 5.92 Å². The van der Waals surface area contributed by atoms with Crippen molar-refractivity contribution in [2.75, 3.05) is 19.8 Å². The van der Waals surface area contributed by atoms with Crippen LogP contribution in [0.4, 0.5) is 8.78 Å². The molecule has 32 heavy (non-hydrogen) atoms. The van der Waals surface area contributed by atoms with Gasteiger partial charge in [-0.15, -0.1) is 0 Å². The molecule has 168 valence electrons. The number of amides is 1. The van der Waals surface area contributed by atoms with E-state index in [1.807, 2.05) is 31.2 Å². The molecule has 2 aromatic heterocycles. The summed E-state index contributed by atoms with van der Waals surface area (Å²) in [6.45, 7) is 4.31. The molecule has 1 fully saturated rings. The SMILES string of the molecule is Cc1ccc2c(C(=O)NCC(c3cnc(C(C)(F)F)nc3)C3CCOCC3)cccc2n1. The van der Waals surface area contributed by atoms with Crippen LogP contribution in [-0.2, 0) is 10.7 Å². The molecule has 0 saturated carbocycles. The average molecular weight is 440 g/mol. The fourth-order valence-electron chi connectivity index (χ4n) is 4.18. The van der Waals surface area contributed by atoms with Crippen molar-refractivity contribution in [1.82, 2.24) is 20.3 Å². The van der Waals surface area contributed by atoms with E-state index in [0.717, 1.165) is 41.9 Å². The van der Waals surface area contributed by atoms with Crippen molar-refractivity contribution in [3.63, 3.8) is 0 Å².